The van der Waals surface area contributed by atoms with Crippen molar-refractivity contribution in [2.75, 3.05) is 18.0 Å². The van der Waals surface area contributed by atoms with Crippen LogP contribution in [-0.2, 0) is 0 Å². The number of rotatable bonds is 3. The van der Waals surface area contributed by atoms with Crippen LogP contribution in [0.3, 0.4) is 0 Å². The molecule has 0 amide bonds. The summed E-state index contributed by atoms with van der Waals surface area (Å²) >= 11 is 0. The van der Waals surface area contributed by atoms with Gasteiger partial charge in [-0.15, -0.1) is 0 Å². The van der Waals surface area contributed by atoms with Gasteiger partial charge in [-0.2, -0.15) is 5.10 Å². The van der Waals surface area contributed by atoms with Crippen LogP contribution in [0.2, 0.25) is 0 Å². The molecular weight excluding hydrogens is 262 g/mol. The highest BCUT2D eigenvalue weighted by molar-refractivity contribution is 5.41. The normalized spacial score (nSPS) is 18.7. The van der Waals surface area contributed by atoms with E-state index in [4.69, 9.17) is 0 Å². The topological polar surface area (TPSA) is 46.8 Å². The molecule has 5 heteroatoms. The minimum atomic E-state index is 0.432. The van der Waals surface area contributed by atoms with Crippen LogP contribution in [-0.4, -0.2) is 32.8 Å². The first-order valence-electron chi connectivity index (χ1n) is 7.64. The van der Waals surface area contributed by atoms with E-state index in [9.17, 15) is 0 Å². The van der Waals surface area contributed by atoms with E-state index < -0.39 is 0 Å². The quantitative estimate of drug-likeness (QED) is 0.870. The van der Waals surface area contributed by atoms with E-state index in [-0.39, 0.29) is 0 Å². The molecule has 0 unspecified atom stereocenters. The number of aromatic nitrogens is 4. The highest BCUT2D eigenvalue weighted by Gasteiger charge is 2.26. The van der Waals surface area contributed by atoms with E-state index in [2.05, 4.69) is 64.5 Å². The van der Waals surface area contributed by atoms with E-state index in [0.29, 0.717) is 12.0 Å². The number of aryl methyl sites for hydroxylation is 2. The van der Waals surface area contributed by atoms with Crippen LogP contribution in [0.1, 0.15) is 49.3 Å². The fraction of sp³-hybridized carbons (Fsp3) is 0.562. The Kier molecular flexibility index (Phi) is 3.66. The molecule has 0 spiro atoms. The molecule has 3 rings (SSSR count). The molecule has 3 heterocycles. The van der Waals surface area contributed by atoms with Crippen molar-refractivity contribution in [3.63, 3.8) is 0 Å². The van der Waals surface area contributed by atoms with Crippen LogP contribution in [0.15, 0.2) is 18.5 Å². The van der Waals surface area contributed by atoms with Crippen molar-refractivity contribution in [3.05, 3.63) is 35.5 Å². The molecule has 0 aromatic carbocycles. The average Bonchev–Trinajstić information content (AvgIpc) is 3.05. The molecule has 1 aliphatic heterocycles. The van der Waals surface area contributed by atoms with Gasteiger partial charge in [-0.25, -0.2) is 9.97 Å². The van der Waals surface area contributed by atoms with E-state index in [1.165, 1.54) is 5.69 Å². The molecule has 2 aromatic heterocycles. The zero-order chi connectivity index (χ0) is 15.0. The molecule has 0 aliphatic carbocycles. The van der Waals surface area contributed by atoms with Gasteiger partial charge in [-0.3, -0.25) is 4.68 Å². The van der Waals surface area contributed by atoms with E-state index in [0.717, 1.165) is 36.7 Å². The van der Waals surface area contributed by atoms with Gasteiger partial charge in [0.1, 0.15) is 12.1 Å². The summed E-state index contributed by atoms with van der Waals surface area (Å²) in [6.45, 7) is 10.5. The number of anilines is 1. The van der Waals surface area contributed by atoms with Gasteiger partial charge >= 0.3 is 0 Å². The van der Waals surface area contributed by atoms with E-state index in [1.54, 1.807) is 6.33 Å². The molecular formula is C16H23N5. The molecule has 1 aliphatic rings. The maximum absolute atomic E-state index is 4.62. The molecule has 1 saturated heterocycles. The number of hydrogen-bond acceptors (Lipinski definition) is 4. The lowest BCUT2D eigenvalue weighted by atomic mass is 10.1. The maximum Gasteiger partial charge on any atom is 0.132 e. The summed E-state index contributed by atoms with van der Waals surface area (Å²) in [4.78, 5) is 11.1. The Morgan fingerprint density at radius 2 is 2.00 bits per heavy atom. The highest BCUT2D eigenvalue weighted by atomic mass is 15.3. The average molecular weight is 285 g/mol. The van der Waals surface area contributed by atoms with Crippen LogP contribution >= 0.6 is 0 Å². The van der Waals surface area contributed by atoms with Gasteiger partial charge in [0.05, 0.1) is 11.7 Å². The lowest BCUT2D eigenvalue weighted by Crippen LogP contribution is -2.23. The van der Waals surface area contributed by atoms with Crippen molar-refractivity contribution in [1.29, 1.82) is 0 Å². The lowest BCUT2D eigenvalue weighted by Gasteiger charge is -2.19. The Hall–Kier alpha value is -1.91. The lowest BCUT2D eigenvalue weighted by molar-refractivity contribution is 0.481. The minimum absolute atomic E-state index is 0.432. The smallest absolute Gasteiger partial charge is 0.132 e. The van der Waals surface area contributed by atoms with Crippen molar-refractivity contribution < 1.29 is 0 Å². The molecule has 0 N–H and O–H groups in total. The third-order valence-electron chi connectivity index (χ3n) is 4.14. The van der Waals surface area contributed by atoms with Gasteiger partial charge in [0, 0.05) is 30.5 Å². The third kappa shape index (κ3) is 2.77. The van der Waals surface area contributed by atoms with Gasteiger partial charge in [0.25, 0.3) is 0 Å². The summed E-state index contributed by atoms with van der Waals surface area (Å²) in [5.41, 5.74) is 3.44. The van der Waals surface area contributed by atoms with Gasteiger partial charge in [0.2, 0.25) is 0 Å². The number of hydrogen-bond donors (Lipinski definition) is 0. The Bertz CT molecular complexity index is 631. The summed E-state index contributed by atoms with van der Waals surface area (Å²) in [6, 6.07) is 4.70. The molecule has 0 bridgehead atoms. The first kappa shape index (κ1) is 14.0. The summed E-state index contributed by atoms with van der Waals surface area (Å²) in [5.74, 6) is 1.47. The fourth-order valence-electron chi connectivity index (χ4n) is 3.02. The summed E-state index contributed by atoms with van der Waals surface area (Å²) in [7, 11) is 0. The molecule has 1 atom stereocenters. The molecule has 5 nitrogen and oxygen atoms in total. The predicted octanol–water partition coefficient (Wildman–Crippen LogP) is 2.86. The van der Waals surface area contributed by atoms with Crippen molar-refractivity contribution in [2.24, 2.45) is 0 Å². The summed E-state index contributed by atoms with van der Waals surface area (Å²) in [5, 5.41) is 4.62. The second kappa shape index (κ2) is 5.47. The maximum atomic E-state index is 4.62. The van der Waals surface area contributed by atoms with Gasteiger partial charge in [0.15, 0.2) is 0 Å². The highest BCUT2D eigenvalue weighted by Crippen LogP contribution is 2.27. The van der Waals surface area contributed by atoms with Crippen molar-refractivity contribution in [3.8, 4) is 0 Å². The van der Waals surface area contributed by atoms with Gasteiger partial charge in [-0.1, -0.05) is 13.8 Å². The number of nitrogens with zero attached hydrogens (tertiary/aromatic N) is 5. The Morgan fingerprint density at radius 3 is 2.67 bits per heavy atom. The molecule has 2 aromatic rings. The SMILES string of the molecule is Cc1cc(C)n([C@H]2CCN(c3cc(C(C)C)ncn3)C2)n1. The van der Waals surface area contributed by atoms with E-state index >= 15 is 0 Å². The fourth-order valence-corrected chi connectivity index (χ4v) is 3.02. The first-order valence-corrected chi connectivity index (χ1v) is 7.64. The summed E-state index contributed by atoms with van der Waals surface area (Å²) in [6.07, 6.45) is 2.80. The Balaban J connectivity index is 1.78. The third-order valence-corrected chi connectivity index (χ3v) is 4.14. The van der Waals surface area contributed by atoms with Gasteiger partial charge < -0.3 is 4.90 Å². The zero-order valence-electron chi connectivity index (χ0n) is 13.2. The second-order valence-corrected chi connectivity index (χ2v) is 6.22. The molecule has 112 valence electrons. The van der Waals surface area contributed by atoms with Crippen molar-refractivity contribution in [1.82, 2.24) is 19.7 Å². The Labute approximate surface area is 126 Å². The van der Waals surface area contributed by atoms with Crippen molar-refractivity contribution >= 4 is 5.82 Å². The molecule has 0 radical (unpaired) electrons. The largest absolute Gasteiger partial charge is 0.354 e. The second-order valence-electron chi connectivity index (χ2n) is 6.22. The van der Waals surface area contributed by atoms with Crippen LogP contribution in [0.5, 0.6) is 0 Å². The minimum Gasteiger partial charge on any atom is -0.354 e. The summed E-state index contributed by atoms with van der Waals surface area (Å²) < 4.78 is 2.17. The molecule has 1 fully saturated rings. The van der Waals surface area contributed by atoms with Gasteiger partial charge in [-0.05, 0) is 32.3 Å². The molecule has 21 heavy (non-hydrogen) atoms. The molecule has 0 saturated carbocycles. The van der Waals surface area contributed by atoms with Crippen molar-refractivity contribution in [2.45, 2.75) is 46.1 Å². The van der Waals surface area contributed by atoms with Crippen LogP contribution in [0.4, 0.5) is 5.82 Å². The van der Waals surface area contributed by atoms with E-state index in [1.807, 2.05) is 0 Å². The van der Waals surface area contributed by atoms with Crippen LogP contribution < -0.4 is 4.90 Å². The zero-order valence-corrected chi connectivity index (χ0v) is 13.2. The standard InChI is InChI=1S/C16H23N5/c1-11(2)15-8-16(18-10-17-15)20-6-5-14(9-20)21-13(4)7-12(3)19-21/h7-8,10-11,14H,5-6,9H2,1-4H3/t14-/m0/s1. The monoisotopic (exact) mass is 285 g/mol. The first-order chi connectivity index (χ1) is 10.0. The Morgan fingerprint density at radius 1 is 1.19 bits per heavy atom. The van der Waals surface area contributed by atoms with Crippen LogP contribution in [0.25, 0.3) is 0 Å². The predicted molar refractivity (Wildman–Crippen MR) is 83.7 cm³/mol. The van der Waals surface area contributed by atoms with Crippen LogP contribution in [0, 0.1) is 13.8 Å².